The zero-order valence-corrected chi connectivity index (χ0v) is 11.6. The minimum atomic E-state index is 0.0288. The van der Waals surface area contributed by atoms with Crippen LogP contribution in [0.2, 0.25) is 0 Å². The number of piperidine rings is 1. The molecule has 1 fully saturated rings. The van der Waals surface area contributed by atoms with Crippen LogP contribution < -0.4 is 4.74 Å². The monoisotopic (exact) mass is 284 g/mol. The van der Waals surface area contributed by atoms with Gasteiger partial charge in [0.2, 0.25) is 5.88 Å². The third kappa shape index (κ3) is 3.34. The highest BCUT2D eigenvalue weighted by Gasteiger charge is 2.24. The van der Waals surface area contributed by atoms with Crippen LogP contribution in [0.1, 0.15) is 23.2 Å². The summed E-state index contributed by atoms with van der Waals surface area (Å²) in [7, 11) is 0. The van der Waals surface area contributed by atoms with Gasteiger partial charge >= 0.3 is 0 Å². The smallest absolute Gasteiger partial charge is 0.255 e. The van der Waals surface area contributed by atoms with Gasteiger partial charge in [0, 0.05) is 50.7 Å². The zero-order valence-electron chi connectivity index (χ0n) is 11.6. The fraction of sp³-hybridized carbons (Fsp3) is 0.333. The second kappa shape index (κ2) is 6.30. The zero-order chi connectivity index (χ0) is 14.5. The highest BCUT2D eigenvalue weighted by molar-refractivity contribution is 5.93. The lowest BCUT2D eigenvalue weighted by atomic mass is 10.1. The van der Waals surface area contributed by atoms with Gasteiger partial charge in [0.25, 0.3) is 5.91 Å². The van der Waals surface area contributed by atoms with Crippen LogP contribution in [0.15, 0.2) is 43.1 Å². The first-order chi connectivity index (χ1) is 10.3. The van der Waals surface area contributed by atoms with Gasteiger partial charge in [-0.15, -0.1) is 0 Å². The highest BCUT2D eigenvalue weighted by atomic mass is 16.5. The number of rotatable bonds is 3. The number of likely N-dealkylation sites (tertiary alicyclic amines) is 1. The van der Waals surface area contributed by atoms with E-state index in [1.165, 1.54) is 0 Å². The van der Waals surface area contributed by atoms with Crippen molar-refractivity contribution < 1.29 is 9.53 Å². The average molecular weight is 284 g/mol. The molecule has 6 nitrogen and oxygen atoms in total. The van der Waals surface area contributed by atoms with E-state index in [9.17, 15) is 4.79 Å². The van der Waals surface area contributed by atoms with Crippen LogP contribution in [0.3, 0.4) is 0 Å². The number of ether oxygens (including phenoxy) is 1. The lowest BCUT2D eigenvalue weighted by Gasteiger charge is -2.31. The molecule has 2 aromatic heterocycles. The number of hydrogen-bond acceptors (Lipinski definition) is 5. The van der Waals surface area contributed by atoms with Crippen LogP contribution in [0.25, 0.3) is 0 Å². The molecule has 0 spiro atoms. The van der Waals surface area contributed by atoms with Crippen molar-refractivity contribution in [3.8, 4) is 5.88 Å². The molecular formula is C15H16N4O2. The number of carbonyl (C=O) groups excluding carboxylic acids is 1. The first kappa shape index (κ1) is 13.5. The summed E-state index contributed by atoms with van der Waals surface area (Å²) >= 11 is 0. The van der Waals surface area contributed by atoms with Crippen molar-refractivity contribution in [1.82, 2.24) is 19.9 Å². The Morgan fingerprint density at radius 3 is 2.62 bits per heavy atom. The Hall–Kier alpha value is -2.50. The van der Waals surface area contributed by atoms with E-state index in [1.807, 2.05) is 4.90 Å². The van der Waals surface area contributed by atoms with Crippen molar-refractivity contribution in [2.45, 2.75) is 18.9 Å². The molecule has 2 aromatic rings. The molecule has 1 aliphatic heterocycles. The van der Waals surface area contributed by atoms with E-state index < -0.39 is 0 Å². The molecule has 108 valence electrons. The molecule has 0 unspecified atom stereocenters. The van der Waals surface area contributed by atoms with Gasteiger partial charge in [-0.3, -0.25) is 14.8 Å². The maximum atomic E-state index is 12.3. The van der Waals surface area contributed by atoms with Gasteiger partial charge < -0.3 is 9.64 Å². The first-order valence-electron chi connectivity index (χ1n) is 6.95. The summed E-state index contributed by atoms with van der Waals surface area (Å²) in [5.74, 6) is 0.565. The lowest BCUT2D eigenvalue weighted by Crippen LogP contribution is -2.41. The summed E-state index contributed by atoms with van der Waals surface area (Å²) in [6.45, 7) is 1.36. The minimum Gasteiger partial charge on any atom is -0.473 e. The molecule has 0 saturated carbocycles. The number of pyridine rings is 1. The van der Waals surface area contributed by atoms with Crippen LogP contribution in [0.4, 0.5) is 0 Å². The van der Waals surface area contributed by atoms with Crippen LogP contribution in [0.5, 0.6) is 5.88 Å². The van der Waals surface area contributed by atoms with Gasteiger partial charge in [-0.05, 0) is 12.1 Å². The molecule has 0 bridgehead atoms. The van der Waals surface area contributed by atoms with Gasteiger partial charge in [-0.25, -0.2) is 4.98 Å². The summed E-state index contributed by atoms with van der Waals surface area (Å²) < 4.78 is 5.77. The van der Waals surface area contributed by atoms with Gasteiger partial charge in [-0.2, -0.15) is 0 Å². The largest absolute Gasteiger partial charge is 0.473 e. The van der Waals surface area contributed by atoms with Gasteiger partial charge in [0.15, 0.2) is 0 Å². The normalized spacial score (nSPS) is 15.7. The quantitative estimate of drug-likeness (QED) is 0.855. The maximum absolute atomic E-state index is 12.3. The number of nitrogens with zero attached hydrogens (tertiary/aromatic N) is 4. The molecule has 0 aliphatic carbocycles. The van der Waals surface area contributed by atoms with Gasteiger partial charge in [0.1, 0.15) is 6.10 Å². The van der Waals surface area contributed by atoms with Gasteiger partial charge in [-0.1, -0.05) is 0 Å². The molecule has 0 aromatic carbocycles. The standard InChI is InChI=1S/C15H16N4O2/c20-15(12-2-1-5-16-10-12)19-8-3-13(4-9-19)21-14-11-17-6-7-18-14/h1-2,5-7,10-11,13H,3-4,8-9H2. The van der Waals surface area contributed by atoms with Crippen molar-refractivity contribution in [2.24, 2.45) is 0 Å². The highest BCUT2D eigenvalue weighted by Crippen LogP contribution is 2.17. The van der Waals surface area contributed by atoms with Crippen LogP contribution in [-0.2, 0) is 0 Å². The molecule has 21 heavy (non-hydrogen) atoms. The molecule has 3 rings (SSSR count). The molecule has 1 saturated heterocycles. The molecule has 0 radical (unpaired) electrons. The molecule has 3 heterocycles. The Morgan fingerprint density at radius 1 is 1.14 bits per heavy atom. The Kier molecular flexibility index (Phi) is 4.04. The summed E-state index contributed by atoms with van der Waals surface area (Å²) in [4.78, 5) is 26.2. The van der Waals surface area contributed by atoms with Crippen molar-refractivity contribution in [3.05, 3.63) is 48.7 Å². The van der Waals surface area contributed by atoms with Crippen molar-refractivity contribution in [2.75, 3.05) is 13.1 Å². The maximum Gasteiger partial charge on any atom is 0.255 e. The predicted octanol–water partition coefficient (Wildman–Crippen LogP) is 1.56. The fourth-order valence-electron chi connectivity index (χ4n) is 2.37. The molecule has 0 N–H and O–H groups in total. The SMILES string of the molecule is O=C(c1cccnc1)N1CCC(Oc2cnccn2)CC1. The topological polar surface area (TPSA) is 68.2 Å². The summed E-state index contributed by atoms with van der Waals surface area (Å²) in [6, 6.07) is 3.56. The third-order valence-corrected chi connectivity index (χ3v) is 3.46. The van der Waals surface area contributed by atoms with E-state index in [-0.39, 0.29) is 12.0 Å². The number of amides is 1. The Bertz CT molecular complexity index is 583. The Morgan fingerprint density at radius 2 is 1.95 bits per heavy atom. The summed E-state index contributed by atoms with van der Waals surface area (Å²) in [5.41, 5.74) is 0.630. The number of carbonyl (C=O) groups is 1. The lowest BCUT2D eigenvalue weighted by molar-refractivity contribution is 0.0586. The summed E-state index contributed by atoms with van der Waals surface area (Å²) in [6.07, 6.45) is 9.76. The van der Waals surface area contributed by atoms with E-state index >= 15 is 0 Å². The minimum absolute atomic E-state index is 0.0288. The molecule has 0 atom stereocenters. The third-order valence-electron chi connectivity index (χ3n) is 3.46. The Labute approximate surface area is 122 Å². The molecule has 1 amide bonds. The first-order valence-corrected chi connectivity index (χ1v) is 6.95. The molecule has 1 aliphatic rings. The predicted molar refractivity (Wildman–Crippen MR) is 75.8 cm³/mol. The second-order valence-electron chi connectivity index (χ2n) is 4.89. The summed E-state index contributed by atoms with van der Waals surface area (Å²) in [5, 5.41) is 0. The van der Waals surface area contributed by atoms with E-state index in [1.54, 1.807) is 43.1 Å². The van der Waals surface area contributed by atoms with Crippen molar-refractivity contribution >= 4 is 5.91 Å². The van der Waals surface area contributed by atoms with E-state index in [2.05, 4.69) is 15.0 Å². The van der Waals surface area contributed by atoms with Crippen molar-refractivity contribution in [1.29, 1.82) is 0 Å². The van der Waals surface area contributed by atoms with E-state index in [0.29, 0.717) is 24.5 Å². The van der Waals surface area contributed by atoms with Crippen LogP contribution >= 0.6 is 0 Å². The second-order valence-corrected chi connectivity index (χ2v) is 4.89. The Balaban J connectivity index is 1.54. The van der Waals surface area contributed by atoms with Crippen LogP contribution in [-0.4, -0.2) is 45.0 Å². The fourth-order valence-corrected chi connectivity index (χ4v) is 2.37. The van der Waals surface area contributed by atoms with Crippen LogP contribution in [0, 0.1) is 0 Å². The van der Waals surface area contributed by atoms with Crippen molar-refractivity contribution in [3.63, 3.8) is 0 Å². The number of aromatic nitrogens is 3. The van der Waals surface area contributed by atoms with E-state index in [4.69, 9.17) is 4.74 Å². The van der Waals surface area contributed by atoms with E-state index in [0.717, 1.165) is 12.8 Å². The van der Waals surface area contributed by atoms with Gasteiger partial charge in [0.05, 0.1) is 11.8 Å². The molecular weight excluding hydrogens is 268 g/mol. The average Bonchev–Trinajstić information content (AvgIpc) is 2.57. The molecule has 6 heteroatoms. The number of hydrogen-bond donors (Lipinski definition) is 0.